The summed E-state index contributed by atoms with van der Waals surface area (Å²) in [6, 6.07) is 16.5. The number of ether oxygens (including phenoxy) is 11. The van der Waals surface area contributed by atoms with Gasteiger partial charge in [-0.05, 0) is 62.0 Å². The molecule has 5 fully saturated rings. The number of carbonyl (C=O) groups excluding carboxylic acids is 4. The van der Waals surface area contributed by atoms with E-state index in [0.717, 1.165) is 17.5 Å². The molecule has 0 radical (unpaired) electrons. The Morgan fingerprint density at radius 2 is 0.695 bits per heavy atom. The Morgan fingerprint density at radius 3 is 1.11 bits per heavy atom. The number of carbonyl (C=O) groups is 4. The Hall–Kier alpha value is -4.12. The first-order valence-electron chi connectivity index (χ1n) is 30.5. The van der Waals surface area contributed by atoms with Crippen LogP contribution >= 0.6 is 0 Å². The highest BCUT2D eigenvalue weighted by molar-refractivity contribution is 5.74. The third-order valence-corrected chi connectivity index (χ3v) is 17.9. The van der Waals surface area contributed by atoms with Gasteiger partial charge in [0.1, 0.15) is 30.5 Å². The zero-order chi connectivity index (χ0) is 59.5. The average Bonchev–Trinajstić information content (AvgIpc) is 2.96. The van der Waals surface area contributed by atoms with Gasteiger partial charge >= 0.3 is 0 Å². The van der Waals surface area contributed by atoms with Gasteiger partial charge in [0.25, 0.3) is 0 Å². The van der Waals surface area contributed by atoms with E-state index in [-0.39, 0.29) is 54.8 Å². The van der Waals surface area contributed by atoms with Gasteiger partial charge < -0.3 is 73.4 Å². The van der Waals surface area contributed by atoms with Crippen LogP contribution in [0.3, 0.4) is 0 Å². The summed E-state index contributed by atoms with van der Waals surface area (Å²) >= 11 is 0. The lowest BCUT2D eigenvalue weighted by molar-refractivity contribution is -0.358. The normalized spacial score (nSPS) is 39.6. The van der Waals surface area contributed by atoms with Crippen LogP contribution in [0.15, 0.2) is 60.7 Å². The molecule has 0 bridgehead atoms. The number of hydrogen-bond acceptors (Lipinski definition) is 15. The Labute approximate surface area is 487 Å². The predicted octanol–water partition coefficient (Wildman–Crippen LogP) is 7.63. The number of hydrogen-bond donors (Lipinski definition) is 4. The molecule has 82 heavy (non-hydrogen) atoms. The van der Waals surface area contributed by atoms with Crippen molar-refractivity contribution in [2.24, 2.45) is 29.6 Å². The van der Waals surface area contributed by atoms with Crippen LogP contribution in [-0.4, -0.2) is 146 Å². The van der Waals surface area contributed by atoms with E-state index in [4.69, 9.17) is 52.1 Å². The molecule has 0 saturated carbocycles. The van der Waals surface area contributed by atoms with Crippen molar-refractivity contribution >= 4 is 23.6 Å². The molecule has 0 aromatic heterocycles. The molecular weight excluding hydrogens is 1050 g/mol. The highest BCUT2D eigenvalue weighted by Crippen LogP contribution is 2.43. The van der Waals surface area contributed by atoms with E-state index >= 15 is 0 Å². The Balaban J connectivity index is 1.19. The quantitative estimate of drug-likeness (QED) is 0.0841. The van der Waals surface area contributed by atoms with Gasteiger partial charge in [-0.25, -0.2) is 0 Å². The van der Waals surface area contributed by atoms with Gasteiger partial charge in [-0.3, -0.25) is 19.2 Å². The number of amides is 4. The summed E-state index contributed by atoms with van der Waals surface area (Å²) in [7, 11) is 0. The molecule has 19 heteroatoms. The second kappa shape index (κ2) is 30.3. The fourth-order valence-corrected chi connectivity index (χ4v) is 13.0. The summed E-state index contributed by atoms with van der Waals surface area (Å²) in [5, 5.41) is 12.5. The Morgan fingerprint density at radius 1 is 0.366 bits per heavy atom. The molecule has 25 atom stereocenters. The minimum Gasteiger partial charge on any atom is -0.370 e. The van der Waals surface area contributed by atoms with Crippen molar-refractivity contribution in [2.75, 3.05) is 0 Å². The van der Waals surface area contributed by atoms with Crippen molar-refractivity contribution in [3.8, 4) is 0 Å². The lowest BCUT2D eigenvalue weighted by atomic mass is 9.78. The van der Waals surface area contributed by atoms with Crippen LogP contribution in [0.4, 0.5) is 0 Å². The molecule has 5 saturated heterocycles. The van der Waals surface area contributed by atoms with Crippen LogP contribution in [-0.2, 0) is 84.5 Å². The molecule has 2 aromatic carbocycles. The fraction of sp³-hybridized carbons (Fsp3) is 0.746. The SMILES string of the molecule is CCC1O[C@H](O[C@H]2C(CC)O[C@@H](O[C@@H]3C(CC)O[C@H](O[C@H]4C(CC)O[C@@H](C)C(NC(C)=O)[C@@H]4OCc4ccccc4)C(NC(C)=O)C3OCc3ccccc3)C(NC(C)=O)[C@H]2C)C(NC(C)=O)C(C)[C@@H]1O[C@@H]1OC(CC)[C@H](C)[C@H](C)C1C. The smallest absolute Gasteiger partial charge is 0.217 e. The highest BCUT2D eigenvalue weighted by atomic mass is 16.8. The summed E-state index contributed by atoms with van der Waals surface area (Å²) in [5.41, 5.74) is 1.81. The van der Waals surface area contributed by atoms with E-state index in [9.17, 15) is 19.2 Å². The lowest BCUT2D eigenvalue weighted by Crippen LogP contribution is -2.70. The van der Waals surface area contributed by atoms with Crippen LogP contribution in [0.1, 0.15) is 147 Å². The van der Waals surface area contributed by atoms with E-state index < -0.39 is 122 Å². The first-order valence-corrected chi connectivity index (χ1v) is 30.5. The molecule has 19 nitrogen and oxygen atoms in total. The van der Waals surface area contributed by atoms with Crippen LogP contribution in [0.25, 0.3) is 0 Å². The second-order valence-electron chi connectivity index (χ2n) is 23.7. The van der Waals surface area contributed by atoms with Crippen LogP contribution in [0, 0.1) is 29.6 Å². The molecule has 2 aromatic rings. The van der Waals surface area contributed by atoms with Crippen molar-refractivity contribution in [3.05, 3.63) is 71.8 Å². The maximum absolute atomic E-state index is 13.5. The van der Waals surface area contributed by atoms with Gasteiger partial charge in [0.2, 0.25) is 23.6 Å². The molecule has 7 rings (SSSR count). The molecular formula is C63H98N4O15. The molecule has 460 valence electrons. The largest absolute Gasteiger partial charge is 0.370 e. The molecule has 5 aliphatic rings. The van der Waals surface area contributed by atoms with Gasteiger partial charge in [0.15, 0.2) is 25.2 Å². The summed E-state index contributed by atoms with van der Waals surface area (Å²) in [6.45, 7) is 29.0. The maximum atomic E-state index is 13.5. The van der Waals surface area contributed by atoms with Crippen molar-refractivity contribution in [2.45, 2.75) is 272 Å². The maximum Gasteiger partial charge on any atom is 0.217 e. The van der Waals surface area contributed by atoms with Crippen molar-refractivity contribution in [1.82, 2.24) is 21.3 Å². The monoisotopic (exact) mass is 1150 g/mol. The van der Waals surface area contributed by atoms with E-state index in [0.29, 0.717) is 37.5 Å². The van der Waals surface area contributed by atoms with Gasteiger partial charge in [-0.15, -0.1) is 0 Å². The second-order valence-corrected chi connectivity index (χ2v) is 23.7. The third kappa shape index (κ3) is 15.8. The minimum atomic E-state index is -1.14. The first-order chi connectivity index (χ1) is 39.2. The molecule has 0 aliphatic carbocycles. The van der Waals surface area contributed by atoms with Crippen molar-refractivity contribution in [1.29, 1.82) is 0 Å². The lowest BCUT2D eigenvalue weighted by Gasteiger charge is -2.53. The predicted molar refractivity (Wildman–Crippen MR) is 306 cm³/mol. The van der Waals surface area contributed by atoms with Crippen LogP contribution in [0.2, 0.25) is 0 Å². The number of benzene rings is 2. The zero-order valence-corrected chi connectivity index (χ0v) is 51.3. The third-order valence-electron chi connectivity index (χ3n) is 17.9. The number of rotatable bonds is 23. The van der Waals surface area contributed by atoms with Gasteiger partial charge in [0.05, 0.1) is 80.2 Å². The van der Waals surface area contributed by atoms with Gasteiger partial charge in [-0.2, -0.15) is 0 Å². The summed E-state index contributed by atoms with van der Waals surface area (Å²) in [4.78, 5) is 52.8. The zero-order valence-electron chi connectivity index (χ0n) is 51.3. The van der Waals surface area contributed by atoms with E-state index in [1.807, 2.05) is 95.3 Å². The van der Waals surface area contributed by atoms with Crippen LogP contribution < -0.4 is 21.3 Å². The van der Waals surface area contributed by atoms with Gasteiger partial charge in [0, 0.05) is 45.4 Å². The molecule has 4 N–H and O–H groups in total. The molecule has 0 spiro atoms. The summed E-state index contributed by atoms with van der Waals surface area (Å²) in [6.07, 6.45) is -7.74. The standard InChI is InChI=1S/C63H98N4O15/c1-16-45-34(7)33(6)35(8)60(75-45)79-54-36(9)50(64-39(12)68)61(76-46(54)17-2)80-55-37(10)51(65-40(13)69)62(77-47(55)18-3)81-57-49(20-5)78-63(53(67-42(15)71)59(57)73-32-44-29-25-22-26-30-44)82-56-48(19-4)74-38(11)52(66-41(14)70)58(56)72-31-43-27-23-21-24-28-43/h21-30,33-38,45-63H,16-20,31-32H2,1-15H3,(H,64,68)(H,65,69)(H,66,70)(H,67,71)/t33-,34+,35?,36?,37+,38-,45?,46?,47?,48?,49?,50?,51?,52?,53?,54-,55+,56-,57+,58-,59?,60-,61+,62-,63+/m0/s1. The Bertz CT molecular complexity index is 2320. The van der Waals surface area contributed by atoms with Crippen molar-refractivity contribution in [3.63, 3.8) is 0 Å². The topological polar surface area (TPSA) is 218 Å². The molecule has 5 aliphatic heterocycles. The van der Waals surface area contributed by atoms with Gasteiger partial charge in [-0.1, -0.05) is 130 Å². The summed E-state index contributed by atoms with van der Waals surface area (Å²) < 4.78 is 76.5. The summed E-state index contributed by atoms with van der Waals surface area (Å²) in [5.74, 6) is -1.01. The fourth-order valence-electron chi connectivity index (χ4n) is 13.0. The molecule has 4 amide bonds. The highest BCUT2D eigenvalue weighted by Gasteiger charge is 2.56. The van der Waals surface area contributed by atoms with Crippen LogP contribution in [0.5, 0.6) is 0 Å². The Kier molecular flexibility index (Phi) is 24.2. The van der Waals surface area contributed by atoms with E-state index in [2.05, 4.69) is 62.8 Å². The molecule has 12 unspecified atom stereocenters. The molecule has 5 heterocycles. The number of nitrogens with one attached hydrogen (secondary N) is 4. The average molecular weight is 1150 g/mol. The van der Waals surface area contributed by atoms with Crippen molar-refractivity contribution < 1.29 is 71.3 Å². The first kappa shape index (κ1) is 65.4. The van der Waals surface area contributed by atoms with E-state index in [1.54, 1.807) is 0 Å². The van der Waals surface area contributed by atoms with E-state index in [1.165, 1.54) is 27.7 Å². The minimum absolute atomic E-state index is 0.0577.